The molecule has 2 N–H and O–H groups in total. The van der Waals surface area contributed by atoms with E-state index in [1.807, 2.05) is 25.3 Å². The number of carbonyl (C=O) groups excluding carboxylic acids is 1. The summed E-state index contributed by atoms with van der Waals surface area (Å²) in [5, 5.41) is 11.1. The zero-order valence-corrected chi connectivity index (χ0v) is 18.8. The van der Waals surface area contributed by atoms with Crippen LogP contribution in [0.1, 0.15) is 65.2 Å². The van der Waals surface area contributed by atoms with Gasteiger partial charge in [0.2, 0.25) is 0 Å². The number of aryl methyl sites for hydroxylation is 1. The number of aliphatic imine (C=N–C) groups is 1. The Morgan fingerprint density at radius 2 is 1.84 bits per heavy atom. The second-order valence-corrected chi connectivity index (χ2v) is 7.62. The summed E-state index contributed by atoms with van der Waals surface area (Å²) < 4.78 is 0. The van der Waals surface area contributed by atoms with Gasteiger partial charge in [0, 0.05) is 23.4 Å². The summed E-state index contributed by atoms with van der Waals surface area (Å²) in [6.45, 7) is 7.98. The third-order valence-corrected chi connectivity index (χ3v) is 5.36. The van der Waals surface area contributed by atoms with Gasteiger partial charge in [-0.2, -0.15) is 0 Å². The molecule has 31 heavy (non-hydrogen) atoms. The zero-order valence-electron chi connectivity index (χ0n) is 18.8. The molecule has 0 aliphatic rings. The minimum absolute atomic E-state index is 0.106. The summed E-state index contributed by atoms with van der Waals surface area (Å²) in [7, 11) is 0. The first-order valence-corrected chi connectivity index (χ1v) is 10.7. The van der Waals surface area contributed by atoms with E-state index in [1.165, 1.54) is 16.7 Å². The van der Waals surface area contributed by atoms with E-state index in [0.29, 0.717) is 5.56 Å². The number of amides is 1. The number of hydrogen-bond donors (Lipinski definition) is 2. The molecule has 2 rings (SSSR count). The number of benzene rings is 2. The van der Waals surface area contributed by atoms with Gasteiger partial charge in [-0.25, -0.2) is 0 Å². The van der Waals surface area contributed by atoms with Crippen molar-refractivity contribution >= 4 is 18.1 Å². The maximum Gasteiger partial charge on any atom is 0.322 e. The molecule has 0 aromatic heterocycles. The summed E-state index contributed by atoms with van der Waals surface area (Å²) in [5.74, 6) is -1.35. The van der Waals surface area contributed by atoms with Crippen LogP contribution in [0.25, 0.3) is 0 Å². The molecule has 164 valence electrons. The summed E-state index contributed by atoms with van der Waals surface area (Å²) in [6, 6.07) is 13.7. The van der Waals surface area contributed by atoms with Crippen LogP contribution in [0.15, 0.2) is 59.2 Å². The van der Waals surface area contributed by atoms with E-state index in [-0.39, 0.29) is 11.8 Å². The van der Waals surface area contributed by atoms with Crippen LogP contribution < -0.4 is 5.32 Å². The van der Waals surface area contributed by atoms with Crippen LogP contribution in [0, 0.1) is 13.8 Å². The minimum atomic E-state index is -1.07. The number of carbonyl (C=O) groups is 2. The molecule has 1 atom stereocenters. The number of carboxylic acids is 1. The highest BCUT2D eigenvalue weighted by atomic mass is 16.4. The van der Waals surface area contributed by atoms with Crippen molar-refractivity contribution in [3.63, 3.8) is 0 Å². The predicted octanol–water partition coefficient (Wildman–Crippen LogP) is 5.22. The smallest absolute Gasteiger partial charge is 0.322 e. The Bertz CT molecular complexity index is 959. The maximum absolute atomic E-state index is 12.1. The molecule has 0 aliphatic heterocycles. The van der Waals surface area contributed by atoms with Crippen LogP contribution in [0.2, 0.25) is 0 Å². The second-order valence-electron chi connectivity index (χ2n) is 7.62. The van der Waals surface area contributed by atoms with Crippen molar-refractivity contribution in [1.82, 2.24) is 5.32 Å². The molecule has 0 spiro atoms. The number of hydrogen-bond acceptors (Lipinski definition) is 3. The number of rotatable bonds is 10. The normalized spacial score (nSPS) is 12.7. The Morgan fingerprint density at radius 3 is 2.45 bits per heavy atom. The lowest BCUT2D eigenvalue weighted by atomic mass is 9.85. The van der Waals surface area contributed by atoms with Gasteiger partial charge in [0.15, 0.2) is 0 Å². The van der Waals surface area contributed by atoms with Gasteiger partial charge in [0.1, 0.15) is 6.54 Å². The number of nitrogens with one attached hydrogen (secondary N) is 1. The molecule has 0 saturated carbocycles. The monoisotopic (exact) mass is 420 g/mol. The number of aliphatic carboxylic acids is 1. The number of carboxylic acid groups (broad SMARTS) is 1. The average molecular weight is 421 g/mol. The maximum atomic E-state index is 12.1. The lowest BCUT2D eigenvalue weighted by molar-refractivity contribution is -0.135. The number of unbranched alkanes of at least 4 members (excludes halogenated alkanes) is 1. The third kappa shape index (κ3) is 6.92. The topological polar surface area (TPSA) is 78.8 Å². The Balaban J connectivity index is 2.36. The molecular formula is C26H32N2O3. The molecule has 0 heterocycles. The number of nitrogens with zero attached hydrogens (tertiary/aromatic N) is 1. The number of allylic oxidation sites excluding steroid dienone is 2. The van der Waals surface area contributed by atoms with Crippen molar-refractivity contribution in [2.24, 2.45) is 4.99 Å². The van der Waals surface area contributed by atoms with E-state index in [0.717, 1.165) is 30.5 Å². The Labute approximate surface area is 184 Å². The molecule has 1 amide bonds. The minimum Gasteiger partial charge on any atom is -0.480 e. The standard InChI is InChI=1S/C26H32N2O3/c1-5-7-11-24(27-6-2)23(22-10-8-9-18(3)19(22)4)16-20-12-14-21(15-13-20)26(31)28-17-25(29)30/h6,8-15,23H,5,7,16-17H2,1-4H3,(H,28,31)(H,29,30)/b24-11-,27-6?. The van der Waals surface area contributed by atoms with Gasteiger partial charge >= 0.3 is 5.97 Å². The Hall–Kier alpha value is -3.21. The van der Waals surface area contributed by atoms with Gasteiger partial charge in [-0.15, -0.1) is 0 Å². The van der Waals surface area contributed by atoms with Gasteiger partial charge in [-0.3, -0.25) is 14.6 Å². The lowest BCUT2D eigenvalue weighted by Crippen LogP contribution is -2.29. The van der Waals surface area contributed by atoms with Crippen molar-refractivity contribution in [1.29, 1.82) is 0 Å². The summed E-state index contributed by atoms with van der Waals surface area (Å²) in [6.07, 6.45) is 6.85. The van der Waals surface area contributed by atoms with Gasteiger partial charge < -0.3 is 10.4 Å². The highest BCUT2D eigenvalue weighted by Gasteiger charge is 2.20. The van der Waals surface area contributed by atoms with Gasteiger partial charge in [0.05, 0.1) is 0 Å². The predicted molar refractivity (Wildman–Crippen MR) is 126 cm³/mol. The van der Waals surface area contributed by atoms with Crippen LogP contribution in [0.4, 0.5) is 0 Å². The largest absolute Gasteiger partial charge is 0.480 e. The SMILES string of the molecule is CC=N/C(=C\CCC)C(Cc1ccc(C(=O)NCC(=O)O)cc1)c1cccc(C)c1C. The van der Waals surface area contributed by atoms with Crippen molar-refractivity contribution in [2.45, 2.75) is 52.9 Å². The summed E-state index contributed by atoms with van der Waals surface area (Å²) in [5.41, 5.74) is 6.38. The molecule has 0 bridgehead atoms. The molecule has 0 fully saturated rings. The van der Waals surface area contributed by atoms with Crippen LogP contribution in [0.5, 0.6) is 0 Å². The average Bonchev–Trinajstić information content (AvgIpc) is 2.76. The zero-order chi connectivity index (χ0) is 22.8. The molecule has 1 unspecified atom stereocenters. The molecule has 0 saturated heterocycles. The molecule has 5 nitrogen and oxygen atoms in total. The van der Waals surface area contributed by atoms with E-state index in [4.69, 9.17) is 10.1 Å². The van der Waals surface area contributed by atoms with Crippen LogP contribution in [-0.4, -0.2) is 29.7 Å². The molecule has 5 heteroatoms. The van der Waals surface area contributed by atoms with Crippen molar-refractivity contribution in [3.8, 4) is 0 Å². The fourth-order valence-electron chi connectivity index (χ4n) is 3.54. The molecule has 0 aliphatic carbocycles. The molecular weight excluding hydrogens is 388 g/mol. The van der Waals surface area contributed by atoms with Gasteiger partial charge in [-0.1, -0.05) is 49.8 Å². The second kappa shape index (κ2) is 11.8. The van der Waals surface area contributed by atoms with Crippen molar-refractivity contribution < 1.29 is 14.7 Å². The fourth-order valence-corrected chi connectivity index (χ4v) is 3.54. The molecule has 2 aromatic carbocycles. The first-order valence-electron chi connectivity index (χ1n) is 10.7. The first-order chi connectivity index (χ1) is 14.9. The van der Waals surface area contributed by atoms with Gasteiger partial charge in [0.25, 0.3) is 5.91 Å². The Morgan fingerprint density at radius 1 is 1.13 bits per heavy atom. The van der Waals surface area contributed by atoms with E-state index in [9.17, 15) is 9.59 Å². The first kappa shape index (κ1) is 24.1. The van der Waals surface area contributed by atoms with E-state index < -0.39 is 12.5 Å². The van der Waals surface area contributed by atoms with Crippen molar-refractivity contribution in [2.75, 3.05) is 6.54 Å². The van der Waals surface area contributed by atoms with Crippen LogP contribution in [-0.2, 0) is 11.2 Å². The lowest BCUT2D eigenvalue weighted by Gasteiger charge is -2.22. The highest BCUT2D eigenvalue weighted by Crippen LogP contribution is 2.33. The van der Waals surface area contributed by atoms with Gasteiger partial charge in [-0.05, 0) is 68.0 Å². The third-order valence-electron chi connectivity index (χ3n) is 5.36. The quantitative estimate of drug-likeness (QED) is 0.517. The fraction of sp³-hybridized carbons (Fsp3) is 0.346. The molecule has 0 radical (unpaired) electrons. The van der Waals surface area contributed by atoms with E-state index in [1.54, 1.807) is 12.1 Å². The van der Waals surface area contributed by atoms with E-state index >= 15 is 0 Å². The molecule has 2 aromatic rings. The Kier molecular flexibility index (Phi) is 9.19. The highest BCUT2D eigenvalue weighted by molar-refractivity contribution is 5.95. The van der Waals surface area contributed by atoms with Crippen LogP contribution in [0.3, 0.4) is 0 Å². The summed E-state index contributed by atoms with van der Waals surface area (Å²) >= 11 is 0. The van der Waals surface area contributed by atoms with Crippen molar-refractivity contribution in [3.05, 3.63) is 82.1 Å². The van der Waals surface area contributed by atoms with Crippen LogP contribution >= 0.6 is 0 Å². The van der Waals surface area contributed by atoms with E-state index in [2.05, 4.69) is 50.4 Å². The summed E-state index contributed by atoms with van der Waals surface area (Å²) in [4.78, 5) is 27.5.